The molecule has 5 nitrogen and oxygen atoms in total. The average molecular weight is 340 g/mol. The summed E-state index contributed by atoms with van der Waals surface area (Å²) in [5.41, 5.74) is 0. The lowest BCUT2D eigenvalue weighted by Crippen LogP contribution is -2.26. The van der Waals surface area contributed by atoms with Gasteiger partial charge in [0.25, 0.3) is 5.91 Å². The topological polar surface area (TPSA) is 68.0 Å². The van der Waals surface area contributed by atoms with E-state index in [0.717, 1.165) is 11.3 Å². The molecule has 0 aliphatic rings. The molecule has 114 valence electrons. The number of thiophene rings is 1. The van der Waals surface area contributed by atoms with Crippen molar-refractivity contribution in [3.05, 3.63) is 45.7 Å². The number of nitrogens with one attached hydrogen (secondary N) is 1. The van der Waals surface area contributed by atoms with Gasteiger partial charge in [-0.1, -0.05) is 17.7 Å². The lowest BCUT2D eigenvalue weighted by molar-refractivity contribution is 0.0938. The van der Waals surface area contributed by atoms with Crippen LogP contribution in [0.1, 0.15) is 34.4 Å². The molecular weight excluding hydrogens is 329 g/mol. The predicted octanol–water partition coefficient (Wildman–Crippen LogP) is 3.88. The number of carbonyl (C=O) groups is 1. The van der Waals surface area contributed by atoms with Gasteiger partial charge in [0.2, 0.25) is 11.8 Å². The van der Waals surface area contributed by atoms with E-state index >= 15 is 0 Å². The van der Waals surface area contributed by atoms with E-state index in [9.17, 15) is 9.18 Å². The number of fused-ring (bicyclic) bond motifs is 1. The molecule has 8 heteroatoms. The fraction of sp³-hybridized carbons (Fsp3) is 0.214. The fourth-order valence-electron chi connectivity index (χ4n) is 2.03. The minimum Gasteiger partial charge on any atom is -0.423 e. The molecular formula is C14H11ClFN3O2S. The molecule has 1 unspecified atom stereocenters. The molecule has 0 aliphatic carbocycles. The summed E-state index contributed by atoms with van der Waals surface area (Å²) in [6, 6.07) is 4.14. The Bertz CT molecular complexity index is 861. The van der Waals surface area contributed by atoms with Crippen molar-refractivity contribution >= 4 is 38.9 Å². The minimum atomic E-state index is -0.472. The minimum absolute atomic E-state index is 0.115. The van der Waals surface area contributed by atoms with E-state index in [1.54, 1.807) is 26.0 Å². The largest absolute Gasteiger partial charge is 0.423 e. The summed E-state index contributed by atoms with van der Waals surface area (Å²) in [5.74, 6) is -0.139. The van der Waals surface area contributed by atoms with Crippen LogP contribution in [0.4, 0.5) is 4.39 Å². The van der Waals surface area contributed by atoms with Crippen LogP contribution in [0, 0.1) is 12.7 Å². The van der Waals surface area contributed by atoms with E-state index in [2.05, 4.69) is 15.5 Å². The van der Waals surface area contributed by atoms with Gasteiger partial charge in [0.1, 0.15) is 16.7 Å². The number of hydrogen-bond donors (Lipinski definition) is 1. The summed E-state index contributed by atoms with van der Waals surface area (Å²) in [5, 5.41) is 10.7. The van der Waals surface area contributed by atoms with Crippen LogP contribution in [0.5, 0.6) is 0 Å². The number of nitrogens with zero attached hydrogens (tertiary/aromatic N) is 2. The molecule has 1 atom stereocenters. The lowest BCUT2D eigenvalue weighted by Gasteiger charge is -2.08. The molecule has 0 saturated carbocycles. The number of aromatic nitrogens is 2. The SMILES string of the molecule is Cc1nnc(C(C)NC(=O)c2sc3cccc(F)c3c2Cl)o1. The van der Waals surface area contributed by atoms with E-state index < -0.39 is 17.8 Å². The Morgan fingerprint density at radius 2 is 2.23 bits per heavy atom. The Kier molecular flexibility index (Phi) is 3.84. The molecule has 1 N–H and O–H groups in total. The normalized spacial score (nSPS) is 12.5. The summed E-state index contributed by atoms with van der Waals surface area (Å²) in [4.78, 5) is 12.6. The highest BCUT2D eigenvalue weighted by molar-refractivity contribution is 7.21. The molecule has 0 saturated heterocycles. The summed E-state index contributed by atoms with van der Waals surface area (Å²) in [7, 11) is 0. The van der Waals surface area contributed by atoms with Gasteiger partial charge in [-0.2, -0.15) is 0 Å². The van der Waals surface area contributed by atoms with Crippen molar-refractivity contribution in [3.63, 3.8) is 0 Å². The van der Waals surface area contributed by atoms with Crippen LogP contribution in [0.2, 0.25) is 5.02 Å². The van der Waals surface area contributed by atoms with Gasteiger partial charge in [-0.3, -0.25) is 4.79 Å². The molecule has 2 heterocycles. The van der Waals surface area contributed by atoms with Gasteiger partial charge in [0, 0.05) is 17.0 Å². The summed E-state index contributed by atoms with van der Waals surface area (Å²) >= 11 is 7.29. The molecule has 0 aliphatic heterocycles. The summed E-state index contributed by atoms with van der Waals surface area (Å²) < 4.78 is 19.7. The molecule has 3 rings (SSSR count). The molecule has 0 spiro atoms. The second-order valence-corrected chi connectivity index (χ2v) is 6.14. The van der Waals surface area contributed by atoms with E-state index in [1.165, 1.54) is 6.07 Å². The number of halogens is 2. The van der Waals surface area contributed by atoms with Gasteiger partial charge in [-0.25, -0.2) is 4.39 Å². The molecule has 22 heavy (non-hydrogen) atoms. The van der Waals surface area contributed by atoms with Gasteiger partial charge >= 0.3 is 0 Å². The third-order valence-electron chi connectivity index (χ3n) is 3.07. The van der Waals surface area contributed by atoms with Gasteiger partial charge < -0.3 is 9.73 Å². The summed E-state index contributed by atoms with van der Waals surface area (Å²) in [6.45, 7) is 3.38. The van der Waals surface area contributed by atoms with Crippen LogP contribution < -0.4 is 5.32 Å². The zero-order chi connectivity index (χ0) is 15.9. The van der Waals surface area contributed by atoms with Crippen molar-refractivity contribution in [3.8, 4) is 0 Å². The molecule has 0 fully saturated rings. The summed E-state index contributed by atoms with van der Waals surface area (Å²) in [6.07, 6.45) is 0. The van der Waals surface area contributed by atoms with Crippen molar-refractivity contribution in [2.24, 2.45) is 0 Å². The second kappa shape index (κ2) is 5.66. The van der Waals surface area contributed by atoms with Gasteiger partial charge in [-0.05, 0) is 19.1 Å². The van der Waals surface area contributed by atoms with E-state index in [1.807, 2.05) is 0 Å². The first-order valence-electron chi connectivity index (χ1n) is 6.44. The number of rotatable bonds is 3. The maximum absolute atomic E-state index is 13.8. The second-order valence-electron chi connectivity index (χ2n) is 4.71. The van der Waals surface area contributed by atoms with Crippen LogP contribution in [0.15, 0.2) is 22.6 Å². The number of aryl methyl sites for hydroxylation is 1. The van der Waals surface area contributed by atoms with Crippen LogP contribution in [-0.2, 0) is 0 Å². The highest BCUT2D eigenvalue weighted by atomic mass is 35.5. The number of carbonyl (C=O) groups excluding carboxylic acids is 1. The average Bonchev–Trinajstić information content (AvgIpc) is 3.04. The Balaban J connectivity index is 1.89. The third kappa shape index (κ3) is 2.57. The highest BCUT2D eigenvalue weighted by Gasteiger charge is 2.22. The molecule has 3 aromatic rings. The number of hydrogen-bond acceptors (Lipinski definition) is 5. The van der Waals surface area contributed by atoms with Crippen molar-refractivity contribution in [1.82, 2.24) is 15.5 Å². The van der Waals surface area contributed by atoms with Crippen molar-refractivity contribution in [2.45, 2.75) is 19.9 Å². The maximum atomic E-state index is 13.8. The van der Waals surface area contributed by atoms with Crippen molar-refractivity contribution in [1.29, 1.82) is 0 Å². The third-order valence-corrected chi connectivity index (χ3v) is 4.72. The molecule has 2 aromatic heterocycles. The Morgan fingerprint density at radius 3 is 2.86 bits per heavy atom. The van der Waals surface area contributed by atoms with Gasteiger partial charge in [0.15, 0.2) is 0 Å². The van der Waals surface area contributed by atoms with Crippen LogP contribution in [0.3, 0.4) is 0 Å². The molecule has 0 radical (unpaired) electrons. The fourth-order valence-corrected chi connectivity index (χ4v) is 3.49. The molecule has 1 amide bonds. The number of benzene rings is 1. The zero-order valence-corrected chi connectivity index (χ0v) is 13.3. The molecule has 0 bridgehead atoms. The van der Waals surface area contributed by atoms with Crippen molar-refractivity contribution < 1.29 is 13.6 Å². The molecule has 1 aromatic carbocycles. The monoisotopic (exact) mass is 339 g/mol. The van der Waals surface area contributed by atoms with Crippen LogP contribution >= 0.6 is 22.9 Å². The zero-order valence-electron chi connectivity index (χ0n) is 11.7. The quantitative estimate of drug-likeness (QED) is 0.786. The highest BCUT2D eigenvalue weighted by Crippen LogP contribution is 2.37. The standard InChI is InChI=1S/C14H11ClFN3O2S/c1-6(14-19-18-7(2)21-14)17-13(20)12-11(15)10-8(16)4-3-5-9(10)22-12/h3-6H,1-2H3,(H,17,20). The maximum Gasteiger partial charge on any atom is 0.263 e. The first kappa shape index (κ1) is 14.9. The first-order chi connectivity index (χ1) is 10.5. The Morgan fingerprint density at radius 1 is 1.45 bits per heavy atom. The van der Waals surface area contributed by atoms with Gasteiger partial charge in [-0.15, -0.1) is 21.5 Å². The van der Waals surface area contributed by atoms with Crippen molar-refractivity contribution in [2.75, 3.05) is 0 Å². The van der Waals surface area contributed by atoms with Crippen LogP contribution in [0.25, 0.3) is 10.1 Å². The van der Waals surface area contributed by atoms with E-state index in [0.29, 0.717) is 16.5 Å². The van der Waals surface area contributed by atoms with E-state index in [4.69, 9.17) is 16.0 Å². The van der Waals surface area contributed by atoms with Crippen LogP contribution in [-0.4, -0.2) is 16.1 Å². The predicted molar refractivity (Wildman–Crippen MR) is 81.7 cm³/mol. The van der Waals surface area contributed by atoms with E-state index in [-0.39, 0.29) is 15.3 Å². The lowest BCUT2D eigenvalue weighted by atomic mass is 10.2. The number of amides is 1. The van der Waals surface area contributed by atoms with Gasteiger partial charge in [0.05, 0.1) is 5.02 Å². The Hall–Kier alpha value is -1.99. The first-order valence-corrected chi connectivity index (χ1v) is 7.64. The smallest absolute Gasteiger partial charge is 0.263 e. The Labute approximate surface area is 134 Å².